The second-order valence-electron chi connectivity index (χ2n) is 19.9. The number of hydrogen-bond donors (Lipinski definition) is 1. The molecule has 0 aromatic rings. The SMILES string of the molecule is CCCCCCC(C)(CCCCCC)OCC(C)CCCCOC(=O)CN(CC(=O)OCCCCC(CC)OC(CCC)(CCCCCC)CCCCCC)C(=S)NCCCN(C)C. The quantitative estimate of drug-likeness (QED) is 0.0362. The van der Waals surface area contributed by atoms with Crippen molar-refractivity contribution >= 4 is 29.3 Å². The van der Waals surface area contributed by atoms with Crippen LogP contribution in [0, 0.1) is 5.92 Å². The second-order valence-corrected chi connectivity index (χ2v) is 20.3. The van der Waals surface area contributed by atoms with Crippen LogP contribution in [0.25, 0.3) is 0 Å². The molecule has 380 valence electrons. The molecule has 0 bridgehead atoms. The maximum Gasteiger partial charge on any atom is 0.325 e. The molecular formula is C54H107N3O6S. The molecule has 2 unspecified atom stereocenters. The minimum atomic E-state index is -0.385. The minimum absolute atomic E-state index is 0.0241. The molecule has 9 nitrogen and oxygen atoms in total. The fourth-order valence-electron chi connectivity index (χ4n) is 8.75. The van der Waals surface area contributed by atoms with Gasteiger partial charge in [-0.25, -0.2) is 0 Å². The summed E-state index contributed by atoms with van der Waals surface area (Å²) in [6.07, 6.45) is 34.7. The Morgan fingerprint density at radius 1 is 0.594 bits per heavy atom. The van der Waals surface area contributed by atoms with Gasteiger partial charge in [-0.2, -0.15) is 0 Å². The van der Waals surface area contributed by atoms with Gasteiger partial charge in [-0.1, -0.05) is 158 Å². The van der Waals surface area contributed by atoms with E-state index in [9.17, 15) is 9.59 Å². The van der Waals surface area contributed by atoms with E-state index in [1.165, 1.54) is 103 Å². The molecule has 0 radical (unpaired) electrons. The standard InChI is InChI=1S/C54H107N3O6S/c1-11-17-21-27-37-53(8,38-28-22-18-12-2)62-47-48(7)34-25-31-43-60-50(58)45-57(52(64)55-41-33-42-56(9)10)46-51(59)61-44-32-26-35-49(16-6)63-54(36-15-5,39-29-23-19-13-3)40-30-24-20-14-4/h48-49H,11-47H2,1-10H3,(H,55,64). The highest BCUT2D eigenvalue weighted by atomic mass is 32.1. The van der Waals surface area contributed by atoms with E-state index in [1.807, 2.05) is 14.1 Å². The van der Waals surface area contributed by atoms with Gasteiger partial charge in [-0.05, 0) is 129 Å². The Balaban J connectivity index is 5.09. The normalized spacial score (nSPS) is 13.0. The molecule has 0 aliphatic rings. The van der Waals surface area contributed by atoms with Gasteiger partial charge in [0.05, 0.1) is 30.5 Å². The van der Waals surface area contributed by atoms with Crippen molar-refractivity contribution in [1.82, 2.24) is 15.1 Å². The van der Waals surface area contributed by atoms with Crippen LogP contribution in [0.4, 0.5) is 0 Å². The molecule has 2 atom stereocenters. The fourth-order valence-corrected chi connectivity index (χ4v) is 8.98. The van der Waals surface area contributed by atoms with E-state index in [0.717, 1.165) is 103 Å². The average Bonchev–Trinajstić information content (AvgIpc) is 3.27. The molecule has 0 fully saturated rings. The molecule has 0 amide bonds. The van der Waals surface area contributed by atoms with E-state index >= 15 is 0 Å². The molecule has 10 heteroatoms. The number of thiocarbonyl (C=S) groups is 1. The molecule has 0 aromatic carbocycles. The Bertz CT molecular complexity index is 1080. The van der Waals surface area contributed by atoms with Gasteiger partial charge in [0.25, 0.3) is 0 Å². The van der Waals surface area contributed by atoms with Gasteiger partial charge in [-0.3, -0.25) is 9.59 Å². The van der Waals surface area contributed by atoms with Gasteiger partial charge in [-0.15, -0.1) is 0 Å². The third-order valence-corrected chi connectivity index (χ3v) is 13.3. The van der Waals surface area contributed by atoms with Gasteiger partial charge in [0, 0.05) is 13.2 Å². The van der Waals surface area contributed by atoms with E-state index < -0.39 is 0 Å². The molecular weight excluding hydrogens is 819 g/mol. The number of nitrogens with zero attached hydrogens (tertiary/aromatic N) is 2. The molecule has 0 aromatic heterocycles. The summed E-state index contributed by atoms with van der Waals surface area (Å²) in [7, 11) is 4.07. The summed E-state index contributed by atoms with van der Waals surface area (Å²) in [5.74, 6) is -0.325. The van der Waals surface area contributed by atoms with E-state index in [0.29, 0.717) is 30.8 Å². The zero-order valence-corrected chi connectivity index (χ0v) is 44.9. The molecule has 64 heavy (non-hydrogen) atoms. The van der Waals surface area contributed by atoms with Crippen LogP contribution in [-0.2, 0) is 28.5 Å². The Morgan fingerprint density at radius 2 is 1.08 bits per heavy atom. The van der Waals surface area contributed by atoms with E-state index in [1.54, 1.807) is 4.90 Å². The van der Waals surface area contributed by atoms with Crippen molar-refractivity contribution in [3.63, 3.8) is 0 Å². The van der Waals surface area contributed by atoms with Crippen molar-refractivity contribution in [3.05, 3.63) is 0 Å². The van der Waals surface area contributed by atoms with Gasteiger partial charge in [0.2, 0.25) is 0 Å². The van der Waals surface area contributed by atoms with E-state index in [4.69, 9.17) is 31.2 Å². The van der Waals surface area contributed by atoms with Crippen LogP contribution >= 0.6 is 12.2 Å². The predicted octanol–water partition coefficient (Wildman–Crippen LogP) is 14.2. The van der Waals surface area contributed by atoms with Crippen LogP contribution in [0.5, 0.6) is 0 Å². The number of ether oxygens (including phenoxy) is 4. The molecule has 0 aliphatic carbocycles. The summed E-state index contributed by atoms with van der Waals surface area (Å²) in [6, 6.07) is 0. The fraction of sp³-hybridized carbons (Fsp3) is 0.944. The Kier molecular flexibility index (Phi) is 40.7. The van der Waals surface area contributed by atoms with Crippen molar-refractivity contribution in [3.8, 4) is 0 Å². The first kappa shape index (κ1) is 62.5. The number of unbranched alkanes of at least 4 members (excludes halogenated alkanes) is 14. The van der Waals surface area contributed by atoms with Crippen LogP contribution in [0.1, 0.15) is 248 Å². The predicted molar refractivity (Wildman–Crippen MR) is 276 cm³/mol. The second kappa shape index (κ2) is 41.7. The number of hydrogen-bond acceptors (Lipinski definition) is 8. The Morgan fingerprint density at radius 3 is 1.53 bits per heavy atom. The summed E-state index contributed by atoms with van der Waals surface area (Å²) in [5, 5.41) is 3.61. The van der Waals surface area contributed by atoms with Crippen LogP contribution in [0.15, 0.2) is 0 Å². The van der Waals surface area contributed by atoms with E-state index in [2.05, 4.69) is 65.6 Å². The number of carbonyl (C=O) groups excluding carboxylic acids is 2. The van der Waals surface area contributed by atoms with Crippen molar-refractivity contribution in [2.75, 3.05) is 60.1 Å². The zero-order valence-electron chi connectivity index (χ0n) is 44.1. The lowest BCUT2D eigenvalue weighted by atomic mass is 9.85. The zero-order chi connectivity index (χ0) is 47.7. The van der Waals surface area contributed by atoms with Gasteiger partial charge in [0.1, 0.15) is 13.1 Å². The lowest BCUT2D eigenvalue weighted by molar-refractivity contribution is -0.147. The number of nitrogens with one attached hydrogen (secondary N) is 1. The first-order valence-corrected chi connectivity index (χ1v) is 27.5. The molecule has 0 spiro atoms. The highest BCUT2D eigenvalue weighted by Gasteiger charge is 2.32. The molecule has 1 N–H and O–H groups in total. The molecule has 0 saturated carbocycles. The molecule has 0 aliphatic heterocycles. The number of carbonyl (C=O) groups is 2. The number of rotatable bonds is 46. The largest absolute Gasteiger partial charge is 0.464 e. The highest BCUT2D eigenvalue weighted by Crippen LogP contribution is 2.35. The van der Waals surface area contributed by atoms with Crippen LogP contribution in [0.2, 0.25) is 0 Å². The topological polar surface area (TPSA) is 89.6 Å². The van der Waals surface area contributed by atoms with E-state index in [-0.39, 0.29) is 42.3 Å². The van der Waals surface area contributed by atoms with Crippen molar-refractivity contribution in [1.29, 1.82) is 0 Å². The van der Waals surface area contributed by atoms with Crippen molar-refractivity contribution in [2.45, 2.75) is 265 Å². The lowest BCUT2D eigenvalue weighted by Crippen LogP contribution is -2.46. The van der Waals surface area contributed by atoms with Gasteiger partial charge >= 0.3 is 11.9 Å². The minimum Gasteiger partial charge on any atom is -0.464 e. The molecule has 0 rings (SSSR count). The van der Waals surface area contributed by atoms with Gasteiger partial charge < -0.3 is 34.1 Å². The van der Waals surface area contributed by atoms with Gasteiger partial charge in [0.15, 0.2) is 5.11 Å². The maximum absolute atomic E-state index is 13.2. The van der Waals surface area contributed by atoms with Crippen molar-refractivity contribution in [2.24, 2.45) is 5.92 Å². The summed E-state index contributed by atoms with van der Waals surface area (Å²) < 4.78 is 25.1. The molecule has 0 saturated heterocycles. The van der Waals surface area contributed by atoms with Crippen LogP contribution in [-0.4, -0.2) is 104 Å². The first-order valence-electron chi connectivity index (χ1n) is 27.1. The molecule has 0 heterocycles. The Labute approximate surface area is 402 Å². The van der Waals surface area contributed by atoms with Crippen molar-refractivity contribution < 1.29 is 28.5 Å². The maximum atomic E-state index is 13.2. The third kappa shape index (κ3) is 34.8. The van der Waals surface area contributed by atoms with Crippen LogP contribution in [0.3, 0.4) is 0 Å². The average molecular weight is 927 g/mol. The highest BCUT2D eigenvalue weighted by molar-refractivity contribution is 7.80. The summed E-state index contributed by atoms with van der Waals surface area (Å²) in [5.41, 5.74) is -0.0647. The Hall–Kier alpha value is -1.49. The smallest absolute Gasteiger partial charge is 0.325 e. The monoisotopic (exact) mass is 926 g/mol. The summed E-state index contributed by atoms with van der Waals surface area (Å²) in [4.78, 5) is 29.9. The summed E-state index contributed by atoms with van der Waals surface area (Å²) >= 11 is 5.69. The number of esters is 2. The summed E-state index contributed by atoms with van der Waals surface area (Å²) in [6.45, 7) is 21.0. The first-order chi connectivity index (χ1) is 30.8. The lowest BCUT2D eigenvalue weighted by Gasteiger charge is -2.38. The third-order valence-electron chi connectivity index (χ3n) is 12.9. The van der Waals surface area contributed by atoms with Crippen LogP contribution < -0.4 is 5.32 Å².